The van der Waals surface area contributed by atoms with Crippen LogP contribution in [0, 0.1) is 4.77 Å². The van der Waals surface area contributed by atoms with Crippen molar-refractivity contribution in [1.29, 1.82) is 0 Å². The number of ether oxygens (including phenoxy) is 2. The van der Waals surface area contributed by atoms with Gasteiger partial charge < -0.3 is 9.47 Å². The minimum absolute atomic E-state index is 0.0679. The van der Waals surface area contributed by atoms with Crippen LogP contribution in [0.1, 0.15) is 5.56 Å². The molecular weight excluding hydrogens is 520 g/mol. The van der Waals surface area contributed by atoms with Crippen LogP contribution in [0.3, 0.4) is 0 Å². The largest absolute Gasteiger partial charge is 0.493 e. The lowest BCUT2D eigenvalue weighted by Crippen LogP contribution is -2.24. The first-order valence-electron chi connectivity index (χ1n) is 10.5. The van der Waals surface area contributed by atoms with Crippen molar-refractivity contribution in [3.63, 3.8) is 0 Å². The molecule has 12 nitrogen and oxygen atoms in total. The maximum atomic E-state index is 12.3. The van der Waals surface area contributed by atoms with Gasteiger partial charge in [-0.1, -0.05) is 18.2 Å². The van der Waals surface area contributed by atoms with Crippen LogP contribution < -0.4 is 20.2 Å². The number of aromatic nitrogens is 3. The normalized spacial score (nSPS) is 14.1. The molecule has 2 heterocycles. The van der Waals surface area contributed by atoms with Crippen molar-refractivity contribution in [1.82, 2.24) is 25.1 Å². The molecule has 3 amide bonds. The third-order valence-corrected chi connectivity index (χ3v) is 5.97. The molecule has 1 aliphatic heterocycles. The van der Waals surface area contributed by atoms with Crippen LogP contribution in [0.4, 0.5) is 4.79 Å². The summed E-state index contributed by atoms with van der Waals surface area (Å²) in [7, 11) is 1.38. The molecule has 1 fully saturated rings. The summed E-state index contributed by atoms with van der Waals surface area (Å²) in [6, 6.07) is 13.9. The molecule has 0 radical (unpaired) electrons. The second-order valence-corrected chi connectivity index (χ2v) is 8.63. The second kappa shape index (κ2) is 11.5. The molecule has 1 saturated heterocycles. The number of imide groups is 1. The van der Waals surface area contributed by atoms with Crippen molar-refractivity contribution < 1.29 is 28.7 Å². The van der Waals surface area contributed by atoms with E-state index in [1.54, 1.807) is 10.6 Å². The summed E-state index contributed by atoms with van der Waals surface area (Å²) >= 11 is 5.99. The van der Waals surface area contributed by atoms with E-state index in [2.05, 4.69) is 15.6 Å². The predicted octanol–water partition coefficient (Wildman–Crippen LogP) is 2.33. The fraction of sp³-hybridized carbons (Fsp3) is 0.0870. The Morgan fingerprint density at radius 3 is 2.68 bits per heavy atom. The summed E-state index contributed by atoms with van der Waals surface area (Å²) in [5, 5.41) is 9.56. The van der Waals surface area contributed by atoms with Crippen LogP contribution in [-0.2, 0) is 20.9 Å². The molecule has 2 N–H and O–H groups in total. The van der Waals surface area contributed by atoms with Gasteiger partial charge in [-0.15, -0.1) is 0 Å². The number of thioether (sulfide) groups is 1. The zero-order chi connectivity index (χ0) is 26.4. The van der Waals surface area contributed by atoms with Gasteiger partial charge in [-0.05, 0) is 59.9 Å². The van der Waals surface area contributed by atoms with E-state index in [4.69, 9.17) is 21.7 Å². The van der Waals surface area contributed by atoms with Crippen LogP contribution in [0.5, 0.6) is 11.5 Å². The van der Waals surface area contributed by atoms with Crippen LogP contribution in [-0.4, -0.2) is 50.7 Å². The van der Waals surface area contributed by atoms with Gasteiger partial charge >= 0.3 is 5.97 Å². The Morgan fingerprint density at radius 2 is 1.97 bits per heavy atom. The molecule has 1 aliphatic rings. The van der Waals surface area contributed by atoms with Crippen molar-refractivity contribution >= 4 is 53.2 Å². The second-order valence-electron chi connectivity index (χ2n) is 7.25. The lowest BCUT2D eigenvalue weighted by Gasteiger charge is -2.08. The zero-order valence-corrected chi connectivity index (χ0v) is 20.7. The van der Waals surface area contributed by atoms with Gasteiger partial charge in [-0.2, -0.15) is 10.2 Å². The van der Waals surface area contributed by atoms with Gasteiger partial charge in [0.15, 0.2) is 11.5 Å². The molecular formula is C23H18N6O6S2. The van der Waals surface area contributed by atoms with Crippen molar-refractivity contribution in [2.24, 2.45) is 5.10 Å². The predicted molar refractivity (Wildman–Crippen MR) is 136 cm³/mol. The maximum absolute atomic E-state index is 12.3. The zero-order valence-electron chi connectivity index (χ0n) is 19.1. The van der Waals surface area contributed by atoms with Gasteiger partial charge in [0.05, 0.1) is 18.2 Å². The van der Waals surface area contributed by atoms with Gasteiger partial charge in [0.25, 0.3) is 17.1 Å². The van der Waals surface area contributed by atoms with Crippen LogP contribution in [0.2, 0.25) is 0 Å². The number of benzene rings is 2. The molecule has 0 spiro atoms. The Morgan fingerprint density at radius 1 is 1.19 bits per heavy atom. The summed E-state index contributed by atoms with van der Waals surface area (Å²) < 4.78 is 13.9. The van der Waals surface area contributed by atoms with E-state index in [1.807, 2.05) is 35.6 Å². The Hall–Kier alpha value is -4.56. The molecule has 1 aromatic heterocycles. The van der Waals surface area contributed by atoms with E-state index in [0.29, 0.717) is 22.1 Å². The summed E-state index contributed by atoms with van der Waals surface area (Å²) in [6.07, 6.45) is 3.83. The number of hydrogen-bond donors (Lipinski definition) is 2. The molecule has 0 saturated carbocycles. The summed E-state index contributed by atoms with van der Waals surface area (Å²) in [5.41, 5.74) is 3.77. The fourth-order valence-corrected chi connectivity index (χ4v) is 3.98. The highest BCUT2D eigenvalue weighted by Crippen LogP contribution is 2.29. The van der Waals surface area contributed by atoms with Crippen molar-refractivity contribution in [2.45, 2.75) is 6.54 Å². The number of nitrogens with one attached hydrogen (secondary N) is 2. The monoisotopic (exact) mass is 538 g/mol. The van der Waals surface area contributed by atoms with Crippen LogP contribution >= 0.6 is 24.0 Å². The molecule has 0 unspecified atom stereocenters. The molecule has 188 valence electrons. The number of methoxy groups -OCH3 is 1. The molecule has 14 heteroatoms. The molecule has 0 bridgehead atoms. The Labute approximate surface area is 218 Å². The first-order chi connectivity index (χ1) is 17.8. The molecule has 3 aromatic rings. The van der Waals surface area contributed by atoms with Gasteiger partial charge in [-0.3, -0.25) is 24.3 Å². The lowest BCUT2D eigenvalue weighted by atomic mass is 10.2. The van der Waals surface area contributed by atoms with E-state index in [1.165, 1.54) is 36.5 Å². The third-order valence-electron chi connectivity index (χ3n) is 4.75. The number of para-hydroxylation sites is 1. The number of esters is 1. The van der Waals surface area contributed by atoms with Gasteiger partial charge in [-0.25, -0.2) is 14.9 Å². The summed E-state index contributed by atoms with van der Waals surface area (Å²) in [4.78, 5) is 47.1. The van der Waals surface area contributed by atoms with E-state index in [9.17, 15) is 19.2 Å². The van der Waals surface area contributed by atoms with E-state index in [0.717, 1.165) is 11.8 Å². The van der Waals surface area contributed by atoms with Crippen LogP contribution in [0.15, 0.2) is 70.9 Å². The number of rotatable bonds is 8. The minimum Gasteiger partial charge on any atom is -0.493 e. The number of hydrazone groups is 1. The highest BCUT2D eigenvalue weighted by Gasteiger charge is 2.26. The van der Waals surface area contributed by atoms with Gasteiger partial charge in [0, 0.05) is 11.8 Å². The minimum atomic E-state index is -0.854. The Balaban J connectivity index is 1.35. The summed E-state index contributed by atoms with van der Waals surface area (Å²) in [5.74, 6) is -1.67. The number of carbonyl (C=O) groups is 4. The van der Waals surface area contributed by atoms with Crippen molar-refractivity contribution in [2.75, 3.05) is 7.11 Å². The quantitative estimate of drug-likeness (QED) is 0.110. The van der Waals surface area contributed by atoms with Crippen molar-refractivity contribution in [3.05, 3.63) is 76.2 Å². The number of amides is 3. The topological polar surface area (TPSA) is 146 Å². The molecule has 0 aliphatic carbocycles. The number of nitrogens with zero attached hydrogens (tertiary/aromatic N) is 4. The highest BCUT2D eigenvalue weighted by molar-refractivity contribution is 8.18. The Kier molecular flexibility index (Phi) is 7.90. The standard InChI is InChI=1S/C23H18N6O6S2/c1-34-17-9-14(7-8-16(17)35-20(31)10-18-21(32)26-22(33)37-18)11-24-27-19(30)12-29-23(36)28(13-25-29)15-5-3-2-4-6-15/h2-11,13H,12H2,1H3,(H,27,30)(H,26,32,33)/b18-10-,24-11-. The molecule has 0 atom stereocenters. The summed E-state index contributed by atoms with van der Waals surface area (Å²) in [6.45, 7) is -0.133. The molecule has 2 aromatic carbocycles. The average molecular weight is 539 g/mol. The SMILES string of the molecule is COc1cc(/C=N\NC(=O)Cn2ncn(-c3ccccc3)c2=S)ccc1OC(=O)/C=C1\SC(=O)NC1=O. The maximum Gasteiger partial charge on any atom is 0.337 e. The third kappa shape index (κ3) is 6.36. The Bertz CT molecular complexity index is 1490. The van der Waals surface area contributed by atoms with Gasteiger partial charge in [0.1, 0.15) is 12.9 Å². The van der Waals surface area contributed by atoms with E-state index >= 15 is 0 Å². The lowest BCUT2D eigenvalue weighted by molar-refractivity contribution is -0.129. The van der Waals surface area contributed by atoms with Crippen molar-refractivity contribution in [3.8, 4) is 17.2 Å². The van der Waals surface area contributed by atoms with E-state index in [-0.39, 0.29) is 22.9 Å². The average Bonchev–Trinajstić information content (AvgIpc) is 3.40. The van der Waals surface area contributed by atoms with Crippen LogP contribution in [0.25, 0.3) is 5.69 Å². The number of carbonyl (C=O) groups excluding carboxylic acids is 4. The van der Waals surface area contributed by atoms with Gasteiger partial charge in [0.2, 0.25) is 4.77 Å². The fourth-order valence-electron chi connectivity index (χ4n) is 3.08. The smallest absolute Gasteiger partial charge is 0.337 e. The molecule has 37 heavy (non-hydrogen) atoms. The first-order valence-corrected chi connectivity index (χ1v) is 11.7. The number of hydrogen-bond acceptors (Lipinski definition) is 10. The highest BCUT2D eigenvalue weighted by atomic mass is 32.2. The first kappa shape index (κ1) is 25.5. The van der Waals surface area contributed by atoms with E-state index < -0.39 is 23.0 Å². The molecule has 4 rings (SSSR count).